The zero-order valence-electron chi connectivity index (χ0n) is 10.2. The molecule has 0 saturated carbocycles. The zero-order chi connectivity index (χ0) is 14.1. The van der Waals surface area contributed by atoms with E-state index in [0.29, 0.717) is 19.2 Å². The molecule has 0 atom stereocenters. The summed E-state index contributed by atoms with van der Waals surface area (Å²) >= 11 is 0. The first kappa shape index (κ1) is 14.4. The van der Waals surface area contributed by atoms with E-state index in [2.05, 4.69) is 10.3 Å². The molecular weight excluding hydrogens is 246 g/mol. The SMILES string of the molecule is NC(=O)C(/C=N\C(=O)NCCc1ccccc1)=C\O. The van der Waals surface area contributed by atoms with Crippen molar-refractivity contribution >= 4 is 18.2 Å². The van der Waals surface area contributed by atoms with Gasteiger partial charge in [0.2, 0.25) is 0 Å². The van der Waals surface area contributed by atoms with Gasteiger partial charge in [0.05, 0.1) is 11.8 Å². The molecule has 19 heavy (non-hydrogen) atoms. The van der Waals surface area contributed by atoms with Gasteiger partial charge in [0, 0.05) is 12.8 Å². The van der Waals surface area contributed by atoms with Gasteiger partial charge in [-0.3, -0.25) is 4.79 Å². The highest BCUT2D eigenvalue weighted by molar-refractivity contribution is 6.12. The second-order valence-electron chi connectivity index (χ2n) is 3.67. The average molecular weight is 261 g/mol. The van der Waals surface area contributed by atoms with Gasteiger partial charge < -0.3 is 16.2 Å². The van der Waals surface area contributed by atoms with Gasteiger partial charge in [-0.1, -0.05) is 30.3 Å². The third-order valence-corrected chi connectivity index (χ3v) is 2.28. The number of urea groups is 1. The van der Waals surface area contributed by atoms with E-state index in [-0.39, 0.29) is 5.57 Å². The van der Waals surface area contributed by atoms with E-state index in [1.54, 1.807) is 0 Å². The number of benzene rings is 1. The molecule has 0 saturated heterocycles. The molecule has 1 aromatic rings. The lowest BCUT2D eigenvalue weighted by molar-refractivity contribution is -0.114. The highest BCUT2D eigenvalue weighted by atomic mass is 16.2. The van der Waals surface area contributed by atoms with Gasteiger partial charge in [0.15, 0.2) is 0 Å². The lowest BCUT2D eigenvalue weighted by atomic mass is 10.1. The number of nitrogens with zero attached hydrogens (tertiary/aromatic N) is 1. The Labute approximate surface area is 110 Å². The second-order valence-corrected chi connectivity index (χ2v) is 3.67. The lowest BCUT2D eigenvalue weighted by Crippen LogP contribution is -2.23. The normalized spacial score (nSPS) is 11.5. The largest absolute Gasteiger partial charge is 0.515 e. The molecule has 3 amide bonds. The number of nitrogens with two attached hydrogens (primary N) is 1. The number of aliphatic hydroxyl groups is 1. The van der Waals surface area contributed by atoms with Crippen LogP contribution in [0.1, 0.15) is 5.56 Å². The number of primary amides is 1. The number of hydrogen-bond donors (Lipinski definition) is 3. The minimum atomic E-state index is -0.858. The van der Waals surface area contributed by atoms with Crippen LogP contribution in [0.5, 0.6) is 0 Å². The molecule has 4 N–H and O–H groups in total. The van der Waals surface area contributed by atoms with Gasteiger partial charge in [-0.15, -0.1) is 0 Å². The smallest absolute Gasteiger partial charge is 0.340 e. The number of rotatable bonds is 5. The summed E-state index contributed by atoms with van der Waals surface area (Å²) in [6, 6.07) is 9.06. The van der Waals surface area contributed by atoms with E-state index < -0.39 is 11.9 Å². The van der Waals surface area contributed by atoms with Crippen LogP contribution in [0, 0.1) is 0 Å². The van der Waals surface area contributed by atoms with Crippen LogP contribution in [-0.2, 0) is 11.2 Å². The maximum absolute atomic E-state index is 11.3. The van der Waals surface area contributed by atoms with Gasteiger partial charge in [-0.05, 0) is 12.0 Å². The van der Waals surface area contributed by atoms with Crippen LogP contribution in [0.2, 0.25) is 0 Å². The summed E-state index contributed by atoms with van der Waals surface area (Å²) in [5.74, 6) is -0.858. The molecule has 0 fully saturated rings. The Hall–Kier alpha value is -2.63. The van der Waals surface area contributed by atoms with Crippen molar-refractivity contribution in [1.29, 1.82) is 0 Å². The monoisotopic (exact) mass is 261 g/mol. The number of carbonyl (C=O) groups is 2. The Morgan fingerprint density at radius 3 is 2.58 bits per heavy atom. The number of hydrogen-bond acceptors (Lipinski definition) is 3. The minimum Gasteiger partial charge on any atom is -0.515 e. The maximum Gasteiger partial charge on any atom is 0.340 e. The highest BCUT2D eigenvalue weighted by Gasteiger charge is 2.02. The van der Waals surface area contributed by atoms with Crippen molar-refractivity contribution < 1.29 is 14.7 Å². The van der Waals surface area contributed by atoms with Crippen LogP contribution in [0.3, 0.4) is 0 Å². The van der Waals surface area contributed by atoms with Crippen molar-refractivity contribution in [2.24, 2.45) is 10.7 Å². The first-order valence-corrected chi connectivity index (χ1v) is 5.63. The first-order chi connectivity index (χ1) is 9.13. The summed E-state index contributed by atoms with van der Waals surface area (Å²) in [7, 11) is 0. The summed E-state index contributed by atoms with van der Waals surface area (Å²) in [5.41, 5.74) is 5.78. The molecule has 1 rings (SSSR count). The summed E-state index contributed by atoms with van der Waals surface area (Å²) in [6.07, 6.45) is 2.10. The molecule has 0 unspecified atom stereocenters. The molecule has 1 aromatic carbocycles. The Kier molecular flexibility index (Phi) is 5.81. The van der Waals surface area contributed by atoms with Crippen LogP contribution >= 0.6 is 0 Å². The fraction of sp³-hybridized carbons (Fsp3) is 0.154. The lowest BCUT2D eigenvalue weighted by Gasteiger charge is -2.01. The second kappa shape index (κ2) is 7.65. The van der Waals surface area contributed by atoms with Crippen molar-refractivity contribution in [3.05, 3.63) is 47.7 Å². The fourth-order valence-electron chi connectivity index (χ4n) is 1.29. The maximum atomic E-state index is 11.3. The quantitative estimate of drug-likeness (QED) is 0.417. The zero-order valence-corrected chi connectivity index (χ0v) is 10.2. The summed E-state index contributed by atoms with van der Waals surface area (Å²) in [4.78, 5) is 25.5. The average Bonchev–Trinajstić information content (AvgIpc) is 2.40. The topological polar surface area (TPSA) is 105 Å². The Morgan fingerprint density at radius 1 is 1.32 bits per heavy atom. The summed E-state index contributed by atoms with van der Waals surface area (Å²) in [6.45, 7) is 0.426. The van der Waals surface area contributed by atoms with E-state index in [1.165, 1.54) is 0 Å². The summed E-state index contributed by atoms with van der Waals surface area (Å²) < 4.78 is 0. The number of nitrogens with one attached hydrogen (secondary N) is 1. The molecule has 100 valence electrons. The summed E-state index contributed by atoms with van der Waals surface area (Å²) in [5, 5.41) is 11.2. The van der Waals surface area contributed by atoms with Crippen LogP contribution < -0.4 is 11.1 Å². The molecular formula is C13H15N3O3. The van der Waals surface area contributed by atoms with Crippen molar-refractivity contribution in [1.82, 2.24) is 5.32 Å². The molecule has 0 bridgehead atoms. The van der Waals surface area contributed by atoms with Crippen molar-refractivity contribution in [2.45, 2.75) is 6.42 Å². The van der Waals surface area contributed by atoms with Crippen LogP contribution in [0.4, 0.5) is 4.79 Å². The number of carbonyl (C=O) groups excluding carboxylic acids is 2. The van der Waals surface area contributed by atoms with Crippen LogP contribution in [-0.4, -0.2) is 29.8 Å². The van der Waals surface area contributed by atoms with E-state index in [1.807, 2.05) is 30.3 Å². The van der Waals surface area contributed by atoms with Gasteiger partial charge in [0.1, 0.15) is 0 Å². The standard InChI is InChI=1S/C13H15N3O3/c14-12(18)11(9-17)8-16-13(19)15-7-6-10-4-2-1-3-5-10/h1-5,8-9,17H,6-7H2,(H2,14,18)(H,15,19)/b11-9-,16-8-. The Bertz CT molecular complexity index is 495. The van der Waals surface area contributed by atoms with Crippen molar-refractivity contribution in [2.75, 3.05) is 6.54 Å². The minimum absolute atomic E-state index is 0.238. The Balaban J connectivity index is 2.36. The fourth-order valence-corrected chi connectivity index (χ4v) is 1.29. The van der Waals surface area contributed by atoms with E-state index in [4.69, 9.17) is 10.8 Å². The molecule has 0 radical (unpaired) electrons. The number of amides is 3. The molecule has 0 aliphatic rings. The third kappa shape index (κ3) is 5.49. The van der Waals surface area contributed by atoms with E-state index in [0.717, 1.165) is 11.8 Å². The molecule has 6 nitrogen and oxygen atoms in total. The van der Waals surface area contributed by atoms with Gasteiger partial charge in [0.25, 0.3) is 5.91 Å². The van der Waals surface area contributed by atoms with Crippen LogP contribution in [0.15, 0.2) is 47.2 Å². The number of aliphatic hydroxyl groups excluding tert-OH is 1. The van der Waals surface area contributed by atoms with E-state index >= 15 is 0 Å². The molecule has 0 spiro atoms. The highest BCUT2D eigenvalue weighted by Crippen LogP contribution is 1.98. The third-order valence-electron chi connectivity index (χ3n) is 2.28. The molecule has 0 aliphatic heterocycles. The molecule has 0 aliphatic carbocycles. The van der Waals surface area contributed by atoms with Crippen molar-refractivity contribution in [3.8, 4) is 0 Å². The van der Waals surface area contributed by atoms with Gasteiger partial charge >= 0.3 is 6.03 Å². The molecule has 0 heterocycles. The van der Waals surface area contributed by atoms with E-state index in [9.17, 15) is 9.59 Å². The van der Waals surface area contributed by atoms with Gasteiger partial charge in [-0.25, -0.2) is 9.79 Å². The first-order valence-electron chi connectivity index (χ1n) is 5.63. The molecule has 0 aromatic heterocycles. The van der Waals surface area contributed by atoms with Crippen molar-refractivity contribution in [3.63, 3.8) is 0 Å². The number of aliphatic imine (C=N–C) groups is 1. The van der Waals surface area contributed by atoms with Gasteiger partial charge in [-0.2, -0.15) is 0 Å². The Morgan fingerprint density at radius 2 is 2.00 bits per heavy atom. The molecule has 6 heteroatoms. The van der Waals surface area contributed by atoms with Crippen LogP contribution in [0.25, 0.3) is 0 Å². The predicted molar refractivity (Wildman–Crippen MR) is 71.9 cm³/mol. The predicted octanol–water partition coefficient (Wildman–Crippen LogP) is 0.937.